The fraction of sp³-hybridized carbons (Fsp3) is 0.867. The minimum absolute atomic E-state index is 0.0356. The van der Waals surface area contributed by atoms with Crippen LogP contribution in [-0.4, -0.2) is 79.1 Å². The number of hydrogen-bond acceptors (Lipinski definition) is 3. The van der Waals surface area contributed by atoms with Crippen LogP contribution in [0.2, 0.25) is 0 Å². The monoisotopic (exact) mass is 297 g/mol. The summed E-state index contributed by atoms with van der Waals surface area (Å²) in [7, 11) is 3.52. The largest absolute Gasteiger partial charge is 0.372 e. The molecule has 2 heterocycles. The van der Waals surface area contributed by atoms with Crippen molar-refractivity contribution < 1.29 is 14.3 Å². The van der Waals surface area contributed by atoms with E-state index in [-0.39, 0.29) is 23.5 Å². The molecule has 0 atom stereocenters. The number of morpholine rings is 1. The van der Waals surface area contributed by atoms with Gasteiger partial charge < -0.3 is 19.4 Å². The lowest BCUT2D eigenvalue weighted by molar-refractivity contribution is -0.151. The Morgan fingerprint density at radius 2 is 1.71 bits per heavy atom. The van der Waals surface area contributed by atoms with Crippen molar-refractivity contribution in [3.8, 4) is 0 Å². The Labute approximate surface area is 127 Å². The molecule has 0 aromatic rings. The minimum atomic E-state index is -0.254. The number of urea groups is 1. The van der Waals surface area contributed by atoms with Gasteiger partial charge in [-0.25, -0.2) is 4.79 Å². The van der Waals surface area contributed by atoms with E-state index < -0.39 is 0 Å². The quantitative estimate of drug-likeness (QED) is 0.726. The number of likely N-dealkylation sites (tertiary alicyclic amines) is 1. The molecule has 0 aromatic heterocycles. The van der Waals surface area contributed by atoms with E-state index in [1.54, 1.807) is 19.0 Å². The summed E-state index contributed by atoms with van der Waals surface area (Å²) in [6, 6.07) is 0.0356. The number of hydrogen-bond donors (Lipinski definition) is 0. The Balaban J connectivity index is 1.87. The van der Waals surface area contributed by atoms with Crippen molar-refractivity contribution in [1.29, 1.82) is 0 Å². The SMILES string of the molecule is CN(C)C(=O)N1CCC(C(=O)N2CCOC(C)(C)C2)CC1. The van der Waals surface area contributed by atoms with Gasteiger partial charge in [-0.05, 0) is 26.7 Å². The first-order valence-electron chi connectivity index (χ1n) is 7.69. The average molecular weight is 297 g/mol. The van der Waals surface area contributed by atoms with Crippen molar-refractivity contribution in [2.75, 3.05) is 46.9 Å². The molecule has 0 bridgehead atoms. The molecule has 0 aromatic carbocycles. The van der Waals surface area contributed by atoms with Crippen molar-refractivity contribution in [1.82, 2.24) is 14.7 Å². The highest BCUT2D eigenvalue weighted by Crippen LogP contribution is 2.24. The molecule has 0 aliphatic carbocycles. The molecular formula is C15H27N3O3. The van der Waals surface area contributed by atoms with E-state index in [1.165, 1.54) is 0 Å². The van der Waals surface area contributed by atoms with Crippen LogP contribution in [0.5, 0.6) is 0 Å². The molecule has 2 fully saturated rings. The lowest BCUT2D eigenvalue weighted by Crippen LogP contribution is -2.53. The second-order valence-electron chi connectivity index (χ2n) is 6.81. The molecule has 0 spiro atoms. The van der Waals surface area contributed by atoms with Crippen LogP contribution in [0.25, 0.3) is 0 Å². The second-order valence-corrected chi connectivity index (χ2v) is 6.81. The van der Waals surface area contributed by atoms with Gasteiger partial charge >= 0.3 is 6.03 Å². The van der Waals surface area contributed by atoms with Gasteiger partial charge in [-0.3, -0.25) is 4.79 Å². The molecule has 120 valence electrons. The molecular weight excluding hydrogens is 270 g/mol. The van der Waals surface area contributed by atoms with Crippen molar-refractivity contribution in [3.05, 3.63) is 0 Å². The number of carbonyl (C=O) groups is 2. The maximum absolute atomic E-state index is 12.6. The van der Waals surface area contributed by atoms with Gasteiger partial charge in [0.05, 0.1) is 12.2 Å². The Bertz CT molecular complexity index is 401. The molecule has 0 radical (unpaired) electrons. The normalized spacial score (nSPS) is 23.0. The second kappa shape index (κ2) is 6.22. The van der Waals surface area contributed by atoms with E-state index in [4.69, 9.17) is 4.74 Å². The topological polar surface area (TPSA) is 53.1 Å². The fourth-order valence-electron chi connectivity index (χ4n) is 3.06. The minimum Gasteiger partial charge on any atom is -0.372 e. The van der Waals surface area contributed by atoms with Crippen molar-refractivity contribution in [3.63, 3.8) is 0 Å². The number of amides is 3. The van der Waals surface area contributed by atoms with Crippen LogP contribution in [-0.2, 0) is 9.53 Å². The summed E-state index contributed by atoms with van der Waals surface area (Å²) < 4.78 is 5.66. The molecule has 2 saturated heterocycles. The Morgan fingerprint density at radius 1 is 1.10 bits per heavy atom. The molecule has 2 rings (SSSR count). The molecule has 0 saturated carbocycles. The number of ether oxygens (including phenoxy) is 1. The summed E-state index contributed by atoms with van der Waals surface area (Å²) in [5.74, 6) is 0.272. The third kappa shape index (κ3) is 3.87. The van der Waals surface area contributed by atoms with E-state index in [0.29, 0.717) is 32.8 Å². The van der Waals surface area contributed by atoms with E-state index in [9.17, 15) is 9.59 Å². The number of piperidine rings is 1. The molecule has 0 N–H and O–H groups in total. The van der Waals surface area contributed by atoms with Gasteiger partial charge in [0.1, 0.15) is 0 Å². The highest BCUT2D eigenvalue weighted by molar-refractivity contribution is 5.80. The van der Waals surface area contributed by atoms with Gasteiger partial charge in [0, 0.05) is 46.2 Å². The van der Waals surface area contributed by atoms with Gasteiger partial charge in [-0.2, -0.15) is 0 Å². The molecule has 0 unspecified atom stereocenters. The highest BCUT2D eigenvalue weighted by atomic mass is 16.5. The van der Waals surface area contributed by atoms with Gasteiger partial charge in [0.25, 0.3) is 0 Å². The van der Waals surface area contributed by atoms with E-state index in [0.717, 1.165) is 12.8 Å². The lowest BCUT2D eigenvalue weighted by Gasteiger charge is -2.41. The smallest absolute Gasteiger partial charge is 0.319 e. The third-order valence-electron chi connectivity index (χ3n) is 4.23. The van der Waals surface area contributed by atoms with Gasteiger partial charge in [-0.15, -0.1) is 0 Å². The van der Waals surface area contributed by atoms with E-state index in [2.05, 4.69) is 0 Å². The third-order valence-corrected chi connectivity index (χ3v) is 4.23. The molecule has 21 heavy (non-hydrogen) atoms. The highest BCUT2D eigenvalue weighted by Gasteiger charge is 2.35. The van der Waals surface area contributed by atoms with Crippen molar-refractivity contribution in [2.45, 2.75) is 32.3 Å². The predicted molar refractivity (Wildman–Crippen MR) is 80.0 cm³/mol. The zero-order valence-electron chi connectivity index (χ0n) is 13.6. The Hall–Kier alpha value is -1.30. The maximum Gasteiger partial charge on any atom is 0.319 e. The Morgan fingerprint density at radius 3 is 2.24 bits per heavy atom. The molecule has 6 nitrogen and oxygen atoms in total. The first-order valence-corrected chi connectivity index (χ1v) is 7.69. The lowest BCUT2D eigenvalue weighted by atomic mass is 9.94. The molecule has 6 heteroatoms. The van der Waals surface area contributed by atoms with Crippen LogP contribution in [0, 0.1) is 5.92 Å². The predicted octanol–water partition coefficient (Wildman–Crippen LogP) is 1.02. The van der Waals surface area contributed by atoms with Crippen molar-refractivity contribution >= 4 is 11.9 Å². The van der Waals surface area contributed by atoms with Crippen LogP contribution in [0.1, 0.15) is 26.7 Å². The molecule has 2 aliphatic rings. The first-order chi connectivity index (χ1) is 9.80. The van der Waals surface area contributed by atoms with Gasteiger partial charge in [0.2, 0.25) is 5.91 Å². The van der Waals surface area contributed by atoms with Crippen LogP contribution in [0.3, 0.4) is 0 Å². The summed E-state index contributed by atoms with van der Waals surface area (Å²) in [6.07, 6.45) is 1.52. The molecule has 3 amide bonds. The zero-order valence-corrected chi connectivity index (χ0v) is 13.6. The van der Waals surface area contributed by atoms with Gasteiger partial charge in [-0.1, -0.05) is 0 Å². The number of nitrogens with zero attached hydrogens (tertiary/aromatic N) is 3. The van der Waals surface area contributed by atoms with Gasteiger partial charge in [0.15, 0.2) is 0 Å². The summed E-state index contributed by atoms with van der Waals surface area (Å²) >= 11 is 0. The summed E-state index contributed by atoms with van der Waals surface area (Å²) in [5.41, 5.74) is -0.254. The Kier molecular flexibility index (Phi) is 4.76. The maximum atomic E-state index is 12.6. The number of carbonyl (C=O) groups excluding carboxylic acids is 2. The summed E-state index contributed by atoms with van der Waals surface area (Å²) in [4.78, 5) is 29.9. The standard InChI is InChI=1S/C15H27N3O3/c1-15(2)11-18(9-10-21-15)13(19)12-5-7-17(8-6-12)14(20)16(3)4/h12H,5-11H2,1-4H3. The van der Waals surface area contributed by atoms with Crippen molar-refractivity contribution in [2.24, 2.45) is 5.92 Å². The van der Waals surface area contributed by atoms with Crippen LogP contribution in [0.4, 0.5) is 4.79 Å². The summed E-state index contributed by atoms with van der Waals surface area (Å²) in [6.45, 7) is 7.32. The van der Waals surface area contributed by atoms with E-state index in [1.807, 2.05) is 23.6 Å². The molecule has 2 aliphatic heterocycles. The average Bonchev–Trinajstić information content (AvgIpc) is 2.44. The first kappa shape index (κ1) is 16.1. The van der Waals surface area contributed by atoms with Crippen LogP contribution < -0.4 is 0 Å². The fourth-order valence-corrected chi connectivity index (χ4v) is 3.06. The zero-order chi connectivity index (χ0) is 15.6. The van der Waals surface area contributed by atoms with Crippen LogP contribution in [0.15, 0.2) is 0 Å². The summed E-state index contributed by atoms with van der Waals surface area (Å²) in [5, 5.41) is 0. The van der Waals surface area contributed by atoms with Crippen LogP contribution >= 0.6 is 0 Å². The number of rotatable bonds is 1. The van der Waals surface area contributed by atoms with E-state index >= 15 is 0 Å².